The minimum Gasteiger partial charge on any atom is -0.459 e. The highest BCUT2D eigenvalue weighted by atomic mass is 32.1. The van der Waals surface area contributed by atoms with Gasteiger partial charge in [-0.3, -0.25) is 14.5 Å². The molecule has 5 nitrogen and oxygen atoms in total. The first-order chi connectivity index (χ1) is 11.7. The number of ether oxygens (including phenoxy) is 1. The molecule has 1 amide bonds. The van der Waals surface area contributed by atoms with E-state index in [0.717, 1.165) is 22.4 Å². The second-order valence-electron chi connectivity index (χ2n) is 6.49. The monoisotopic (exact) mass is 360 g/mol. The lowest BCUT2D eigenvalue weighted by Crippen LogP contribution is -2.24. The predicted molar refractivity (Wildman–Crippen MR) is 100 cm³/mol. The first-order valence-corrected chi connectivity index (χ1v) is 9.08. The maximum absolute atomic E-state index is 12.3. The van der Waals surface area contributed by atoms with Gasteiger partial charge in [0.25, 0.3) is 0 Å². The summed E-state index contributed by atoms with van der Waals surface area (Å²) < 4.78 is 5.21. The summed E-state index contributed by atoms with van der Waals surface area (Å²) in [6, 6.07) is 4.11. The number of hydrogen-bond acceptors (Lipinski definition) is 5. The SMILES string of the molecule is CC(=O)N(c1nc(COC(=O)C(C)C)cs1)c1c(C)cc(C)cc1C. The summed E-state index contributed by atoms with van der Waals surface area (Å²) in [5.41, 5.74) is 4.70. The number of benzene rings is 1. The summed E-state index contributed by atoms with van der Waals surface area (Å²) in [5, 5.41) is 2.40. The molecule has 0 N–H and O–H groups in total. The molecule has 2 aromatic rings. The fraction of sp³-hybridized carbons (Fsp3) is 0.421. The van der Waals surface area contributed by atoms with Crippen molar-refractivity contribution in [1.82, 2.24) is 4.98 Å². The number of aryl methyl sites for hydroxylation is 3. The zero-order valence-electron chi connectivity index (χ0n) is 15.5. The summed E-state index contributed by atoms with van der Waals surface area (Å²) in [6.07, 6.45) is 0. The largest absolute Gasteiger partial charge is 0.459 e. The third-order valence-electron chi connectivity index (χ3n) is 3.74. The van der Waals surface area contributed by atoms with Crippen molar-refractivity contribution in [2.75, 3.05) is 4.90 Å². The van der Waals surface area contributed by atoms with Crippen LogP contribution in [0.2, 0.25) is 0 Å². The molecular formula is C19H24N2O3S. The molecule has 6 heteroatoms. The van der Waals surface area contributed by atoms with Gasteiger partial charge in [-0.2, -0.15) is 0 Å². The summed E-state index contributed by atoms with van der Waals surface area (Å²) in [7, 11) is 0. The lowest BCUT2D eigenvalue weighted by molar-refractivity contribution is -0.148. The van der Waals surface area contributed by atoms with Crippen LogP contribution in [-0.2, 0) is 20.9 Å². The Kier molecular flexibility index (Phi) is 5.95. The second kappa shape index (κ2) is 7.78. The molecule has 2 rings (SSSR count). The van der Waals surface area contributed by atoms with Crippen LogP contribution in [0.1, 0.15) is 43.2 Å². The van der Waals surface area contributed by atoms with Crippen molar-refractivity contribution in [2.24, 2.45) is 5.92 Å². The van der Waals surface area contributed by atoms with E-state index in [9.17, 15) is 9.59 Å². The zero-order valence-corrected chi connectivity index (χ0v) is 16.4. The van der Waals surface area contributed by atoms with Crippen LogP contribution in [0.25, 0.3) is 0 Å². The molecule has 0 aliphatic carbocycles. The summed E-state index contributed by atoms with van der Waals surface area (Å²) in [5.74, 6) is -0.539. The highest BCUT2D eigenvalue weighted by molar-refractivity contribution is 7.14. The van der Waals surface area contributed by atoms with E-state index in [2.05, 4.69) is 17.1 Å². The van der Waals surface area contributed by atoms with Crippen molar-refractivity contribution in [3.8, 4) is 0 Å². The van der Waals surface area contributed by atoms with Crippen LogP contribution in [0.4, 0.5) is 10.8 Å². The number of esters is 1. The zero-order chi connectivity index (χ0) is 18.7. The van der Waals surface area contributed by atoms with Gasteiger partial charge >= 0.3 is 5.97 Å². The second-order valence-corrected chi connectivity index (χ2v) is 7.32. The third-order valence-corrected chi connectivity index (χ3v) is 4.61. The maximum Gasteiger partial charge on any atom is 0.308 e. The van der Waals surface area contributed by atoms with Gasteiger partial charge < -0.3 is 4.74 Å². The number of anilines is 2. The molecule has 0 aliphatic rings. The predicted octanol–water partition coefficient (Wildman–Crippen LogP) is 4.45. The van der Waals surface area contributed by atoms with E-state index in [4.69, 9.17) is 4.74 Å². The van der Waals surface area contributed by atoms with E-state index in [1.807, 2.05) is 26.2 Å². The number of amides is 1. The molecule has 0 saturated carbocycles. The number of nitrogens with zero attached hydrogens (tertiary/aromatic N) is 2. The summed E-state index contributed by atoms with van der Waals surface area (Å²) in [4.78, 5) is 30.0. The van der Waals surface area contributed by atoms with Crippen molar-refractivity contribution in [3.63, 3.8) is 0 Å². The summed E-state index contributed by atoms with van der Waals surface area (Å²) >= 11 is 1.37. The Bertz CT molecular complexity index is 773. The molecular weight excluding hydrogens is 336 g/mol. The van der Waals surface area contributed by atoms with Gasteiger partial charge in [0.15, 0.2) is 5.13 Å². The number of aromatic nitrogens is 1. The van der Waals surface area contributed by atoms with Gasteiger partial charge in [0.1, 0.15) is 6.61 Å². The van der Waals surface area contributed by atoms with E-state index >= 15 is 0 Å². The van der Waals surface area contributed by atoms with Crippen molar-refractivity contribution in [1.29, 1.82) is 0 Å². The number of carbonyl (C=O) groups is 2. The molecule has 0 bridgehead atoms. The van der Waals surface area contributed by atoms with Crippen LogP contribution >= 0.6 is 11.3 Å². The molecule has 0 spiro atoms. The molecule has 1 aromatic carbocycles. The van der Waals surface area contributed by atoms with Crippen molar-refractivity contribution in [3.05, 3.63) is 39.9 Å². The van der Waals surface area contributed by atoms with Crippen molar-refractivity contribution in [2.45, 2.75) is 48.1 Å². The third kappa shape index (κ3) is 4.45. The van der Waals surface area contributed by atoms with Gasteiger partial charge in [0.2, 0.25) is 5.91 Å². The van der Waals surface area contributed by atoms with Crippen LogP contribution in [0, 0.1) is 26.7 Å². The Labute approximate surface area is 152 Å². The Morgan fingerprint density at radius 2 is 1.80 bits per heavy atom. The lowest BCUT2D eigenvalue weighted by atomic mass is 10.0. The van der Waals surface area contributed by atoms with Crippen molar-refractivity contribution < 1.29 is 14.3 Å². The number of rotatable bonds is 5. The van der Waals surface area contributed by atoms with E-state index in [0.29, 0.717) is 10.8 Å². The molecule has 0 saturated heterocycles. The van der Waals surface area contributed by atoms with Crippen LogP contribution in [0.5, 0.6) is 0 Å². The Morgan fingerprint density at radius 3 is 2.32 bits per heavy atom. The molecule has 0 fully saturated rings. The first-order valence-electron chi connectivity index (χ1n) is 8.20. The Morgan fingerprint density at radius 1 is 1.20 bits per heavy atom. The van der Waals surface area contributed by atoms with E-state index in [-0.39, 0.29) is 24.4 Å². The number of thiazole rings is 1. The van der Waals surface area contributed by atoms with E-state index in [1.165, 1.54) is 18.3 Å². The Balaban J connectivity index is 2.31. The molecule has 0 atom stereocenters. The van der Waals surface area contributed by atoms with Crippen molar-refractivity contribution >= 4 is 34.0 Å². The molecule has 0 unspecified atom stereocenters. The minimum absolute atomic E-state index is 0.102. The molecule has 134 valence electrons. The minimum atomic E-state index is -0.261. The summed E-state index contributed by atoms with van der Waals surface area (Å²) in [6.45, 7) is 11.2. The molecule has 1 heterocycles. The standard InChI is InChI=1S/C19H24N2O3S/c1-11(2)18(23)24-9-16-10-25-19(20-16)21(15(6)22)17-13(4)7-12(3)8-14(17)5/h7-8,10-11H,9H2,1-6H3. The topological polar surface area (TPSA) is 59.5 Å². The van der Waals surface area contributed by atoms with Gasteiger partial charge in [-0.25, -0.2) is 4.98 Å². The van der Waals surface area contributed by atoms with Gasteiger partial charge in [-0.15, -0.1) is 11.3 Å². The normalized spacial score (nSPS) is 10.8. The van der Waals surface area contributed by atoms with Gasteiger partial charge in [0, 0.05) is 12.3 Å². The van der Waals surface area contributed by atoms with Crippen LogP contribution in [0.15, 0.2) is 17.5 Å². The number of hydrogen-bond donors (Lipinski definition) is 0. The highest BCUT2D eigenvalue weighted by Gasteiger charge is 2.22. The molecule has 0 aliphatic heterocycles. The van der Waals surface area contributed by atoms with E-state index in [1.54, 1.807) is 18.7 Å². The lowest BCUT2D eigenvalue weighted by Gasteiger charge is -2.23. The molecule has 0 radical (unpaired) electrons. The van der Waals surface area contributed by atoms with Crippen LogP contribution in [0.3, 0.4) is 0 Å². The average molecular weight is 360 g/mol. The fourth-order valence-corrected chi connectivity index (χ4v) is 3.55. The first kappa shape index (κ1) is 19.1. The highest BCUT2D eigenvalue weighted by Crippen LogP contribution is 2.34. The van der Waals surface area contributed by atoms with Crippen LogP contribution < -0.4 is 4.90 Å². The fourth-order valence-electron chi connectivity index (χ4n) is 2.69. The maximum atomic E-state index is 12.3. The number of carbonyl (C=O) groups excluding carboxylic acids is 2. The quantitative estimate of drug-likeness (QED) is 0.739. The van der Waals surface area contributed by atoms with E-state index < -0.39 is 0 Å². The average Bonchev–Trinajstić information content (AvgIpc) is 2.95. The Hall–Kier alpha value is -2.21. The molecule has 1 aromatic heterocycles. The van der Waals surface area contributed by atoms with Gasteiger partial charge in [-0.1, -0.05) is 31.5 Å². The van der Waals surface area contributed by atoms with Crippen LogP contribution in [-0.4, -0.2) is 16.9 Å². The van der Waals surface area contributed by atoms with Gasteiger partial charge in [-0.05, 0) is 31.9 Å². The molecule has 25 heavy (non-hydrogen) atoms. The smallest absolute Gasteiger partial charge is 0.308 e. The van der Waals surface area contributed by atoms with Gasteiger partial charge in [0.05, 0.1) is 17.3 Å².